The molecule has 1 N–H and O–H groups in total. The van der Waals surface area contributed by atoms with Gasteiger partial charge in [-0.3, -0.25) is 4.79 Å². The van der Waals surface area contributed by atoms with Crippen LogP contribution in [0.25, 0.3) is 16.3 Å². The third kappa shape index (κ3) is 2.89. The van der Waals surface area contributed by atoms with Crippen molar-refractivity contribution in [2.75, 3.05) is 0 Å². The molecule has 2 heterocycles. The summed E-state index contributed by atoms with van der Waals surface area (Å²) < 4.78 is 42.7. The summed E-state index contributed by atoms with van der Waals surface area (Å²) in [4.78, 5) is 12.6. The highest BCUT2D eigenvalue weighted by atomic mass is 32.1. The van der Waals surface area contributed by atoms with Gasteiger partial charge in [0.2, 0.25) is 5.76 Å². The van der Waals surface area contributed by atoms with Gasteiger partial charge in [0.25, 0.3) is 0 Å². The molecule has 0 fully saturated rings. The molecule has 2 aromatic heterocycles. The Morgan fingerprint density at radius 2 is 2.12 bits per heavy atom. The Kier molecular flexibility index (Phi) is 4.08. The van der Waals surface area contributed by atoms with Crippen LogP contribution in [0.1, 0.15) is 29.0 Å². The largest absolute Gasteiger partial charge is 0.506 e. The Labute approximate surface area is 138 Å². The number of aliphatic hydroxyl groups excluding tert-OH is 1. The third-order valence-corrected chi connectivity index (χ3v) is 4.73. The van der Waals surface area contributed by atoms with E-state index in [2.05, 4.69) is 9.68 Å². The molecule has 0 spiro atoms. The summed E-state index contributed by atoms with van der Waals surface area (Å²) in [5, 5.41) is 13.8. The van der Waals surface area contributed by atoms with Crippen molar-refractivity contribution in [3.05, 3.63) is 46.1 Å². The molecule has 0 amide bonds. The van der Waals surface area contributed by atoms with Crippen molar-refractivity contribution in [1.82, 2.24) is 5.16 Å². The van der Waals surface area contributed by atoms with E-state index in [1.807, 2.05) is 0 Å². The normalized spacial score (nSPS) is 17.4. The van der Waals surface area contributed by atoms with Crippen molar-refractivity contribution in [2.24, 2.45) is 0 Å². The minimum Gasteiger partial charge on any atom is -0.506 e. The second kappa shape index (κ2) is 5.94. The van der Waals surface area contributed by atoms with Gasteiger partial charge in [0, 0.05) is 12.0 Å². The van der Waals surface area contributed by atoms with Crippen LogP contribution in [-0.4, -0.2) is 16.0 Å². The van der Waals surface area contributed by atoms with Crippen LogP contribution in [0.15, 0.2) is 34.4 Å². The van der Waals surface area contributed by atoms with Crippen LogP contribution < -0.4 is 0 Å². The lowest BCUT2D eigenvalue weighted by molar-refractivity contribution is -0.156. The van der Waals surface area contributed by atoms with Gasteiger partial charge in [-0.05, 0) is 25.5 Å². The van der Waals surface area contributed by atoms with Crippen LogP contribution in [0.5, 0.6) is 0 Å². The molecule has 0 atom stereocenters. The maximum atomic E-state index is 12.8. The molecule has 3 rings (SSSR count). The van der Waals surface area contributed by atoms with E-state index < -0.39 is 11.9 Å². The number of ketones is 1. The van der Waals surface area contributed by atoms with Crippen molar-refractivity contribution < 1.29 is 27.6 Å². The van der Waals surface area contributed by atoms with Crippen molar-refractivity contribution >= 4 is 22.9 Å². The molecule has 0 saturated carbocycles. The highest BCUT2D eigenvalue weighted by molar-refractivity contribution is 7.16. The van der Waals surface area contributed by atoms with Gasteiger partial charge in [-0.2, -0.15) is 13.2 Å². The maximum Gasteiger partial charge on any atom is 0.452 e. The summed E-state index contributed by atoms with van der Waals surface area (Å²) in [6.45, 7) is 1.28. The fourth-order valence-corrected chi connectivity index (χ4v) is 3.41. The zero-order valence-electron chi connectivity index (χ0n) is 12.5. The number of nitrogens with zero attached hydrogens (tertiary/aromatic N) is 1. The summed E-state index contributed by atoms with van der Waals surface area (Å²) in [6.07, 6.45) is -0.309. The maximum absolute atomic E-state index is 12.8. The first-order chi connectivity index (χ1) is 11.3. The summed E-state index contributed by atoms with van der Waals surface area (Å²) >= 11 is 1.04. The smallest absolute Gasteiger partial charge is 0.452 e. The molecule has 1 aliphatic rings. The van der Waals surface area contributed by atoms with Crippen LogP contribution in [0.2, 0.25) is 0 Å². The summed E-state index contributed by atoms with van der Waals surface area (Å²) in [6, 6.07) is 3.08. The number of halogens is 3. The van der Waals surface area contributed by atoms with Gasteiger partial charge < -0.3 is 9.63 Å². The van der Waals surface area contributed by atoms with E-state index in [4.69, 9.17) is 0 Å². The molecule has 0 radical (unpaired) electrons. The Bertz CT molecular complexity index is 858. The van der Waals surface area contributed by atoms with E-state index in [9.17, 15) is 23.1 Å². The number of alkyl halides is 3. The second-order valence-corrected chi connectivity index (χ2v) is 6.36. The lowest BCUT2D eigenvalue weighted by Gasteiger charge is -2.08. The molecule has 0 bridgehead atoms. The van der Waals surface area contributed by atoms with Crippen LogP contribution in [0.3, 0.4) is 0 Å². The van der Waals surface area contributed by atoms with Crippen molar-refractivity contribution in [2.45, 2.75) is 25.9 Å². The number of allylic oxidation sites excluding steroid dienone is 3. The molecule has 126 valence electrons. The molecule has 0 unspecified atom stereocenters. The van der Waals surface area contributed by atoms with Gasteiger partial charge in [0.15, 0.2) is 5.78 Å². The van der Waals surface area contributed by atoms with Crippen LogP contribution in [0.4, 0.5) is 13.2 Å². The Morgan fingerprint density at radius 3 is 2.75 bits per heavy atom. The minimum absolute atomic E-state index is 0.0712. The van der Waals surface area contributed by atoms with Crippen LogP contribution >= 0.6 is 11.3 Å². The summed E-state index contributed by atoms with van der Waals surface area (Å²) in [7, 11) is 0. The van der Waals surface area contributed by atoms with Gasteiger partial charge in [0.1, 0.15) is 11.5 Å². The molecule has 8 heteroatoms. The Hall–Kier alpha value is -2.35. The molecular formula is C16H12F3NO3S. The number of hydrogen-bond acceptors (Lipinski definition) is 5. The SMILES string of the molecule is Cc1c(-c2ccc(C(O)=C3C=CCCC3=O)s2)noc1C(F)(F)F. The average molecular weight is 355 g/mol. The Balaban J connectivity index is 1.99. The van der Waals surface area contributed by atoms with Gasteiger partial charge in [-0.1, -0.05) is 17.3 Å². The van der Waals surface area contributed by atoms with E-state index >= 15 is 0 Å². The predicted octanol–water partition coefficient (Wildman–Crippen LogP) is 4.92. The number of aliphatic hydroxyl groups is 1. The highest BCUT2D eigenvalue weighted by Crippen LogP contribution is 2.39. The number of carbonyl (C=O) groups excluding carboxylic acids is 1. The molecular weight excluding hydrogens is 343 g/mol. The lowest BCUT2D eigenvalue weighted by atomic mass is 9.99. The minimum atomic E-state index is -4.61. The molecule has 24 heavy (non-hydrogen) atoms. The number of carbonyl (C=O) groups is 1. The first kappa shape index (κ1) is 16.5. The number of aromatic nitrogens is 1. The summed E-state index contributed by atoms with van der Waals surface area (Å²) in [5.41, 5.74) is 0.168. The van der Waals surface area contributed by atoms with Crippen molar-refractivity contribution in [1.29, 1.82) is 0 Å². The van der Waals surface area contributed by atoms with Crippen molar-refractivity contribution in [3.8, 4) is 10.6 Å². The number of hydrogen-bond donors (Lipinski definition) is 1. The standard InChI is InChI=1S/C16H12F3NO3S/c1-8-13(20-23-15(8)16(17,18)19)11-6-7-12(24-11)14(22)9-4-2-3-5-10(9)21/h2,4,6-7,22H,3,5H2,1H3. The zero-order chi connectivity index (χ0) is 17.5. The molecule has 0 saturated heterocycles. The first-order valence-electron chi connectivity index (χ1n) is 7.06. The number of Topliss-reactive ketones (excluding diaryl/α,β-unsaturated/α-hetero) is 1. The fourth-order valence-electron chi connectivity index (χ4n) is 2.41. The average Bonchev–Trinajstić information content (AvgIpc) is 3.12. The molecule has 0 aromatic carbocycles. The number of rotatable bonds is 2. The molecule has 0 aliphatic heterocycles. The van der Waals surface area contributed by atoms with Gasteiger partial charge in [0.05, 0.1) is 15.3 Å². The molecule has 1 aliphatic carbocycles. The highest BCUT2D eigenvalue weighted by Gasteiger charge is 2.39. The molecule has 4 nitrogen and oxygen atoms in total. The van der Waals surface area contributed by atoms with E-state index in [0.717, 1.165) is 11.3 Å². The molecule has 2 aromatic rings. The van der Waals surface area contributed by atoms with E-state index in [0.29, 0.717) is 22.6 Å². The van der Waals surface area contributed by atoms with E-state index in [1.54, 1.807) is 24.3 Å². The lowest BCUT2D eigenvalue weighted by Crippen LogP contribution is -2.06. The van der Waals surface area contributed by atoms with Gasteiger partial charge in [-0.25, -0.2) is 0 Å². The predicted molar refractivity (Wildman–Crippen MR) is 82.5 cm³/mol. The summed E-state index contributed by atoms with van der Waals surface area (Å²) in [5.74, 6) is -1.48. The quantitative estimate of drug-likeness (QED) is 0.614. The van der Waals surface area contributed by atoms with Crippen molar-refractivity contribution in [3.63, 3.8) is 0 Å². The topological polar surface area (TPSA) is 63.3 Å². The number of thiophene rings is 1. The zero-order valence-corrected chi connectivity index (χ0v) is 13.3. The third-order valence-electron chi connectivity index (χ3n) is 3.63. The second-order valence-electron chi connectivity index (χ2n) is 5.27. The van der Waals surface area contributed by atoms with Crippen LogP contribution in [-0.2, 0) is 11.0 Å². The van der Waals surface area contributed by atoms with E-state index in [-0.39, 0.29) is 28.4 Å². The monoisotopic (exact) mass is 355 g/mol. The first-order valence-corrected chi connectivity index (χ1v) is 7.87. The van der Waals surface area contributed by atoms with E-state index in [1.165, 1.54) is 6.92 Å². The fraction of sp³-hybridized carbons (Fsp3) is 0.250. The van der Waals surface area contributed by atoms with Crippen LogP contribution in [0, 0.1) is 6.92 Å². The van der Waals surface area contributed by atoms with Gasteiger partial charge >= 0.3 is 6.18 Å². The Morgan fingerprint density at radius 1 is 1.38 bits per heavy atom. The van der Waals surface area contributed by atoms with Gasteiger partial charge in [-0.15, -0.1) is 11.3 Å².